The molecule has 1 N–H and O–H groups in total. The largest absolute Gasteiger partial charge is 0.334 e. The van der Waals surface area contributed by atoms with Gasteiger partial charge in [0.15, 0.2) is 0 Å². The molecule has 2 aromatic carbocycles. The topological polar surface area (TPSA) is 49.4 Å². The fourth-order valence-corrected chi connectivity index (χ4v) is 3.20. The predicted molar refractivity (Wildman–Crippen MR) is 94.4 cm³/mol. The highest BCUT2D eigenvalue weighted by Gasteiger charge is 2.27. The maximum Gasteiger partial charge on any atom is 0.313 e. The minimum absolute atomic E-state index is 0.205. The van der Waals surface area contributed by atoms with E-state index in [1.165, 1.54) is 10.5 Å². The van der Waals surface area contributed by atoms with E-state index in [0.29, 0.717) is 25.1 Å². The molecule has 0 spiro atoms. The Morgan fingerprint density at radius 1 is 1.04 bits per heavy atom. The predicted octanol–water partition coefficient (Wildman–Crippen LogP) is 3.38. The molecule has 2 amide bonds. The van der Waals surface area contributed by atoms with E-state index in [0.717, 1.165) is 31.4 Å². The molecule has 1 aliphatic heterocycles. The highest BCUT2D eigenvalue weighted by atomic mass is 19.1. The average molecular weight is 358 g/mol. The zero-order valence-corrected chi connectivity index (χ0v) is 14.3. The van der Waals surface area contributed by atoms with Crippen LogP contribution in [0.1, 0.15) is 18.4 Å². The van der Waals surface area contributed by atoms with Gasteiger partial charge >= 0.3 is 11.8 Å². The van der Waals surface area contributed by atoms with Crippen LogP contribution >= 0.6 is 0 Å². The molecule has 3 rings (SSSR count). The smallest absolute Gasteiger partial charge is 0.313 e. The van der Waals surface area contributed by atoms with Gasteiger partial charge in [-0.05, 0) is 42.9 Å². The maximum absolute atomic E-state index is 13.6. The number of anilines is 1. The van der Waals surface area contributed by atoms with Crippen molar-refractivity contribution in [2.24, 2.45) is 5.92 Å². The van der Waals surface area contributed by atoms with E-state index in [1.807, 2.05) is 18.2 Å². The Labute approximate surface area is 150 Å². The van der Waals surface area contributed by atoms with E-state index in [4.69, 9.17) is 0 Å². The molecule has 0 saturated carbocycles. The first-order chi connectivity index (χ1) is 12.5. The number of carbonyl (C=O) groups excluding carboxylic acids is 2. The van der Waals surface area contributed by atoms with Crippen molar-refractivity contribution in [3.05, 3.63) is 65.7 Å². The van der Waals surface area contributed by atoms with Crippen molar-refractivity contribution in [1.29, 1.82) is 0 Å². The van der Waals surface area contributed by atoms with E-state index in [2.05, 4.69) is 17.4 Å². The lowest BCUT2D eigenvalue weighted by molar-refractivity contribution is -0.144. The van der Waals surface area contributed by atoms with Gasteiger partial charge in [-0.15, -0.1) is 0 Å². The van der Waals surface area contributed by atoms with Gasteiger partial charge in [0.05, 0.1) is 5.69 Å². The normalized spacial score (nSPS) is 14.9. The van der Waals surface area contributed by atoms with Crippen LogP contribution in [-0.4, -0.2) is 29.8 Å². The molecular weight excluding hydrogens is 338 g/mol. The molecule has 1 fully saturated rings. The van der Waals surface area contributed by atoms with Crippen LogP contribution in [0.5, 0.6) is 0 Å². The van der Waals surface area contributed by atoms with Gasteiger partial charge in [0.1, 0.15) is 11.6 Å². The van der Waals surface area contributed by atoms with E-state index in [1.54, 1.807) is 0 Å². The van der Waals surface area contributed by atoms with Crippen molar-refractivity contribution in [3.8, 4) is 0 Å². The summed E-state index contributed by atoms with van der Waals surface area (Å²) in [6.07, 6.45) is 2.59. The SMILES string of the molecule is O=C(Nc1ccc(F)cc1F)C(=O)N1CCC(Cc2ccccc2)CC1. The Hall–Kier alpha value is -2.76. The Bertz CT molecular complexity index is 788. The third-order valence-corrected chi connectivity index (χ3v) is 4.64. The Kier molecular flexibility index (Phi) is 5.61. The lowest BCUT2D eigenvalue weighted by Gasteiger charge is -2.31. The summed E-state index contributed by atoms with van der Waals surface area (Å²) in [4.78, 5) is 25.8. The molecule has 1 saturated heterocycles. The third-order valence-electron chi connectivity index (χ3n) is 4.64. The van der Waals surface area contributed by atoms with E-state index in [9.17, 15) is 18.4 Å². The molecule has 1 aliphatic rings. The van der Waals surface area contributed by atoms with Gasteiger partial charge in [0.25, 0.3) is 0 Å². The molecular formula is C20H20F2N2O2. The van der Waals surface area contributed by atoms with Crippen molar-refractivity contribution in [3.63, 3.8) is 0 Å². The summed E-state index contributed by atoms with van der Waals surface area (Å²) in [5, 5.41) is 2.21. The Morgan fingerprint density at radius 2 is 1.73 bits per heavy atom. The van der Waals surface area contributed by atoms with Crippen LogP contribution in [0.3, 0.4) is 0 Å². The van der Waals surface area contributed by atoms with Gasteiger partial charge in [0.2, 0.25) is 0 Å². The summed E-state index contributed by atoms with van der Waals surface area (Å²) in [5.74, 6) is -2.78. The van der Waals surface area contributed by atoms with Crippen molar-refractivity contribution in [2.75, 3.05) is 18.4 Å². The fourth-order valence-electron chi connectivity index (χ4n) is 3.20. The lowest BCUT2D eigenvalue weighted by Crippen LogP contribution is -2.44. The Balaban J connectivity index is 1.52. The van der Waals surface area contributed by atoms with Gasteiger partial charge in [0, 0.05) is 19.2 Å². The summed E-state index contributed by atoms with van der Waals surface area (Å²) < 4.78 is 26.5. The van der Waals surface area contributed by atoms with Crippen LogP contribution in [0.4, 0.5) is 14.5 Å². The average Bonchev–Trinajstić information content (AvgIpc) is 2.65. The second kappa shape index (κ2) is 8.08. The fraction of sp³-hybridized carbons (Fsp3) is 0.300. The van der Waals surface area contributed by atoms with Crippen LogP contribution in [-0.2, 0) is 16.0 Å². The summed E-state index contributed by atoms with van der Waals surface area (Å²) >= 11 is 0. The second-order valence-corrected chi connectivity index (χ2v) is 6.50. The van der Waals surface area contributed by atoms with Crippen LogP contribution in [0.25, 0.3) is 0 Å². The zero-order chi connectivity index (χ0) is 18.5. The molecule has 6 heteroatoms. The van der Waals surface area contributed by atoms with Crippen molar-refractivity contribution >= 4 is 17.5 Å². The second-order valence-electron chi connectivity index (χ2n) is 6.50. The molecule has 2 aromatic rings. The molecule has 26 heavy (non-hydrogen) atoms. The summed E-state index contributed by atoms with van der Waals surface area (Å²) in [5.41, 5.74) is 1.06. The zero-order valence-electron chi connectivity index (χ0n) is 14.3. The highest BCUT2D eigenvalue weighted by molar-refractivity contribution is 6.39. The van der Waals surface area contributed by atoms with Crippen LogP contribution in [0.2, 0.25) is 0 Å². The molecule has 4 nitrogen and oxygen atoms in total. The van der Waals surface area contributed by atoms with Gasteiger partial charge in [-0.1, -0.05) is 30.3 Å². The molecule has 0 bridgehead atoms. The number of carbonyl (C=O) groups is 2. The molecule has 136 valence electrons. The van der Waals surface area contributed by atoms with Gasteiger partial charge < -0.3 is 10.2 Å². The highest BCUT2D eigenvalue weighted by Crippen LogP contribution is 2.22. The number of piperidine rings is 1. The molecule has 1 heterocycles. The number of rotatable bonds is 3. The maximum atomic E-state index is 13.6. The van der Waals surface area contributed by atoms with Gasteiger partial charge in [-0.3, -0.25) is 9.59 Å². The minimum atomic E-state index is -0.910. The first kappa shape index (κ1) is 18.0. The monoisotopic (exact) mass is 358 g/mol. The molecule has 0 unspecified atom stereocenters. The number of halogens is 2. The van der Waals surface area contributed by atoms with Crippen molar-refractivity contribution in [1.82, 2.24) is 4.90 Å². The van der Waals surface area contributed by atoms with Crippen LogP contribution in [0.15, 0.2) is 48.5 Å². The first-order valence-corrected chi connectivity index (χ1v) is 8.62. The molecule has 0 radical (unpaired) electrons. The quantitative estimate of drug-likeness (QED) is 0.855. The van der Waals surface area contributed by atoms with E-state index in [-0.39, 0.29) is 5.69 Å². The number of nitrogens with one attached hydrogen (secondary N) is 1. The van der Waals surface area contributed by atoms with Gasteiger partial charge in [-0.25, -0.2) is 8.78 Å². The van der Waals surface area contributed by atoms with Crippen molar-refractivity contribution < 1.29 is 18.4 Å². The van der Waals surface area contributed by atoms with Gasteiger partial charge in [-0.2, -0.15) is 0 Å². The summed E-state index contributed by atoms with van der Waals surface area (Å²) in [6, 6.07) is 13.0. The first-order valence-electron chi connectivity index (χ1n) is 8.62. The van der Waals surface area contributed by atoms with Crippen LogP contribution in [0, 0.1) is 17.6 Å². The third kappa shape index (κ3) is 4.45. The number of likely N-dealkylation sites (tertiary alicyclic amines) is 1. The van der Waals surface area contributed by atoms with E-state index < -0.39 is 23.4 Å². The number of amides is 2. The standard InChI is InChI=1S/C20H20F2N2O2/c21-16-6-7-18(17(22)13-16)23-19(25)20(26)24-10-8-15(9-11-24)12-14-4-2-1-3-5-14/h1-7,13,15H,8-12H2,(H,23,25). The number of benzene rings is 2. The van der Waals surface area contributed by atoms with Crippen molar-refractivity contribution in [2.45, 2.75) is 19.3 Å². The molecule has 0 aliphatic carbocycles. The number of nitrogens with zero attached hydrogens (tertiary/aromatic N) is 1. The van der Waals surface area contributed by atoms with Crippen LogP contribution < -0.4 is 5.32 Å². The number of hydrogen-bond acceptors (Lipinski definition) is 2. The summed E-state index contributed by atoms with van der Waals surface area (Å²) in [6.45, 7) is 0.991. The van der Waals surface area contributed by atoms with E-state index >= 15 is 0 Å². The Morgan fingerprint density at radius 3 is 2.38 bits per heavy atom. The minimum Gasteiger partial charge on any atom is -0.334 e. The number of hydrogen-bond donors (Lipinski definition) is 1. The lowest BCUT2D eigenvalue weighted by atomic mass is 9.90. The molecule has 0 aromatic heterocycles. The molecule has 0 atom stereocenters. The summed E-state index contributed by atoms with van der Waals surface area (Å²) in [7, 11) is 0.